The smallest absolute Gasteiger partial charge is 0.311 e. The predicted octanol–water partition coefficient (Wildman–Crippen LogP) is 2.98. The molecule has 1 N–H and O–H groups in total. The van der Waals surface area contributed by atoms with Gasteiger partial charge in [-0.1, -0.05) is 6.92 Å². The van der Waals surface area contributed by atoms with Gasteiger partial charge in [0, 0.05) is 30.9 Å². The molecule has 0 aromatic heterocycles. The van der Waals surface area contributed by atoms with Crippen LogP contribution < -0.4 is 4.90 Å². The van der Waals surface area contributed by atoms with Crippen LogP contribution in [0.25, 0.3) is 0 Å². The number of rotatable bonds is 4. The number of carboxylic acid groups (broad SMARTS) is 1. The fourth-order valence-corrected chi connectivity index (χ4v) is 3.00. The summed E-state index contributed by atoms with van der Waals surface area (Å²) in [4.78, 5) is 24.1. The zero-order valence-corrected chi connectivity index (χ0v) is 12.3. The number of benzene rings is 1. The van der Waals surface area contributed by atoms with Crippen LogP contribution in [-0.4, -0.2) is 29.1 Å². The molecule has 0 saturated carbocycles. The van der Waals surface area contributed by atoms with E-state index in [0.717, 1.165) is 24.2 Å². The lowest BCUT2D eigenvalue weighted by Gasteiger charge is -2.40. The summed E-state index contributed by atoms with van der Waals surface area (Å²) in [6.07, 6.45) is 2.00. The number of carbonyl (C=O) groups is 1. The second kappa shape index (κ2) is 5.71. The van der Waals surface area contributed by atoms with E-state index in [1.807, 2.05) is 24.8 Å². The highest BCUT2D eigenvalue weighted by molar-refractivity contribution is 5.76. The molecule has 1 fully saturated rings. The molecule has 1 atom stereocenters. The lowest BCUT2D eigenvalue weighted by atomic mass is 9.77. The normalized spacial score (nSPS) is 22.1. The topological polar surface area (TPSA) is 83.7 Å². The molecule has 6 nitrogen and oxygen atoms in total. The molecular weight excluding hydrogens is 272 g/mol. The van der Waals surface area contributed by atoms with Crippen LogP contribution in [0.2, 0.25) is 0 Å². The molecule has 0 spiro atoms. The first-order chi connectivity index (χ1) is 9.88. The van der Waals surface area contributed by atoms with E-state index in [9.17, 15) is 20.0 Å². The SMILES string of the molecule is CCC1(C(=O)O)CCCN(c2cc(C)cc([N+](=O)[O-])c2)C1. The van der Waals surface area contributed by atoms with Gasteiger partial charge in [-0.05, 0) is 37.8 Å². The van der Waals surface area contributed by atoms with Crippen molar-refractivity contribution < 1.29 is 14.8 Å². The maximum absolute atomic E-state index is 11.6. The number of nitrogens with zero attached hydrogens (tertiary/aromatic N) is 2. The fraction of sp³-hybridized carbons (Fsp3) is 0.533. The van der Waals surface area contributed by atoms with Gasteiger partial charge in [-0.25, -0.2) is 0 Å². The summed E-state index contributed by atoms with van der Waals surface area (Å²) in [5.41, 5.74) is 0.840. The molecule has 0 amide bonds. The van der Waals surface area contributed by atoms with Crippen LogP contribution in [0.15, 0.2) is 18.2 Å². The summed E-state index contributed by atoms with van der Waals surface area (Å²) >= 11 is 0. The number of hydrogen-bond acceptors (Lipinski definition) is 4. The minimum Gasteiger partial charge on any atom is -0.481 e. The molecule has 2 rings (SSSR count). The third-order valence-electron chi connectivity index (χ3n) is 4.33. The third-order valence-corrected chi connectivity index (χ3v) is 4.33. The van der Waals surface area contributed by atoms with Gasteiger partial charge < -0.3 is 10.0 Å². The Morgan fingerprint density at radius 2 is 2.19 bits per heavy atom. The van der Waals surface area contributed by atoms with Crippen LogP contribution in [-0.2, 0) is 4.79 Å². The van der Waals surface area contributed by atoms with Crippen molar-refractivity contribution in [1.82, 2.24) is 0 Å². The van der Waals surface area contributed by atoms with Gasteiger partial charge in [-0.2, -0.15) is 0 Å². The van der Waals surface area contributed by atoms with Crippen molar-refractivity contribution >= 4 is 17.3 Å². The maximum Gasteiger partial charge on any atom is 0.311 e. The number of non-ortho nitro benzene ring substituents is 1. The van der Waals surface area contributed by atoms with Crippen molar-refractivity contribution in [2.45, 2.75) is 33.1 Å². The Morgan fingerprint density at radius 3 is 2.76 bits per heavy atom. The average molecular weight is 292 g/mol. The standard InChI is InChI=1S/C15H20N2O4/c1-3-15(14(18)19)5-4-6-16(10-15)12-7-11(2)8-13(9-12)17(20)21/h7-9H,3-6,10H2,1-2H3,(H,18,19). The highest BCUT2D eigenvalue weighted by Gasteiger charge is 2.41. The predicted molar refractivity (Wildman–Crippen MR) is 79.6 cm³/mol. The lowest BCUT2D eigenvalue weighted by molar-refractivity contribution is -0.384. The van der Waals surface area contributed by atoms with Crippen molar-refractivity contribution in [2.75, 3.05) is 18.0 Å². The zero-order valence-electron chi connectivity index (χ0n) is 12.3. The first kappa shape index (κ1) is 15.3. The molecule has 1 aromatic carbocycles. The zero-order chi connectivity index (χ0) is 15.6. The third kappa shape index (κ3) is 2.99. The van der Waals surface area contributed by atoms with Gasteiger partial charge in [0.05, 0.1) is 10.3 Å². The van der Waals surface area contributed by atoms with Crippen LogP contribution in [0.5, 0.6) is 0 Å². The Kier molecular flexibility index (Phi) is 4.16. The Morgan fingerprint density at radius 1 is 1.48 bits per heavy atom. The molecule has 0 bridgehead atoms. The quantitative estimate of drug-likeness (QED) is 0.681. The van der Waals surface area contributed by atoms with E-state index in [2.05, 4.69) is 0 Å². The van der Waals surface area contributed by atoms with E-state index in [1.54, 1.807) is 0 Å². The number of hydrogen-bond donors (Lipinski definition) is 1. The summed E-state index contributed by atoms with van der Waals surface area (Å²) in [6.45, 7) is 4.83. The highest BCUT2D eigenvalue weighted by Crippen LogP contribution is 2.36. The second-order valence-corrected chi connectivity index (χ2v) is 5.75. The number of piperidine rings is 1. The van der Waals surface area contributed by atoms with E-state index in [4.69, 9.17) is 0 Å². The van der Waals surface area contributed by atoms with Crippen LogP contribution in [0.1, 0.15) is 31.7 Å². The van der Waals surface area contributed by atoms with Crippen LogP contribution in [0, 0.1) is 22.5 Å². The van der Waals surface area contributed by atoms with E-state index >= 15 is 0 Å². The van der Waals surface area contributed by atoms with Gasteiger partial charge in [0.2, 0.25) is 0 Å². The Hall–Kier alpha value is -2.11. The fourth-order valence-electron chi connectivity index (χ4n) is 3.00. The van der Waals surface area contributed by atoms with Crippen LogP contribution >= 0.6 is 0 Å². The summed E-state index contributed by atoms with van der Waals surface area (Å²) in [5.74, 6) is -0.781. The van der Waals surface area contributed by atoms with Crippen molar-refractivity contribution in [2.24, 2.45) is 5.41 Å². The number of nitro groups is 1. The molecule has 1 heterocycles. The molecule has 1 aliphatic heterocycles. The largest absolute Gasteiger partial charge is 0.481 e. The van der Waals surface area contributed by atoms with E-state index in [1.165, 1.54) is 12.1 Å². The van der Waals surface area contributed by atoms with Crippen molar-refractivity contribution in [3.05, 3.63) is 33.9 Å². The number of carboxylic acids is 1. The molecule has 0 radical (unpaired) electrons. The Labute approximate surface area is 123 Å². The summed E-state index contributed by atoms with van der Waals surface area (Å²) < 4.78 is 0. The molecule has 0 aliphatic carbocycles. The van der Waals surface area contributed by atoms with Gasteiger partial charge in [-0.3, -0.25) is 14.9 Å². The van der Waals surface area contributed by atoms with Crippen molar-refractivity contribution in [3.8, 4) is 0 Å². The van der Waals surface area contributed by atoms with Gasteiger partial charge >= 0.3 is 5.97 Å². The first-order valence-electron chi connectivity index (χ1n) is 7.12. The van der Waals surface area contributed by atoms with Gasteiger partial charge in [0.15, 0.2) is 0 Å². The van der Waals surface area contributed by atoms with Crippen LogP contribution in [0.4, 0.5) is 11.4 Å². The monoisotopic (exact) mass is 292 g/mol. The molecule has 6 heteroatoms. The number of anilines is 1. The van der Waals surface area contributed by atoms with E-state index in [-0.39, 0.29) is 5.69 Å². The van der Waals surface area contributed by atoms with E-state index < -0.39 is 16.3 Å². The molecule has 1 saturated heterocycles. The average Bonchev–Trinajstić information content (AvgIpc) is 2.46. The Balaban J connectivity index is 2.33. The Bertz CT molecular complexity index is 573. The molecule has 114 valence electrons. The van der Waals surface area contributed by atoms with Crippen molar-refractivity contribution in [3.63, 3.8) is 0 Å². The summed E-state index contributed by atoms with van der Waals surface area (Å²) in [7, 11) is 0. The molecule has 1 unspecified atom stereocenters. The summed E-state index contributed by atoms with van der Waals surface area (Å²) in [6, 6.07) is 4.93. The molecule has 1 aromatic rings. The summed E-state index contributed by atoms with van der Waals surface area (Å²) in [5, 5.41) is 20.5. The number of aryl methyl sites for hydroxylation is 1. The van der Waals surface area contributed by atoms with E-state index in [0.29, 0.717) is 19.4 Å². The minimum atomic E-state index is -0.781. The van der Waals surface area contributed by atoms with Gasteiger partial charge in [-0.15, -0.1) is 0 Å². The maximum atomic E-state index is 11.6. The molecular formula is C15H20N2O4. The lowest BCUT2D eigenvalue weighted by Crippen LogP contribution is -2.47. The van der Waals surface area contributed by atoms with Crippen molar-refractivity contribution in [1.29, 1.82) is 0 Å². The minimum absolute atomic E-state index is 0.0491. The number of nitro benzene ring substituents is 1. The van der Waals surface area contributed by atoms with Crippen LogP contribution in [0.3, 0.4) is 0 Å². The molecule has 1 aliphatic rings. The first-order valence-corrected chi connectivity index (χ1v) is 7.12. The molecule has 21 heavy (non-hydrogen) atoms. The van der Waals surface area contributed by atoms with Gasteiger partial charge in [0.25, 0.3) is 5.69 Å². The number of aliphatic carboxylic acids is 1. The second-order valence-electron chi connectivity index (χ2n) is 5.75. The van der Waals surface area contributed by atoms with Gasteiger partial charge in [0.1, 0.15) is 0 Å². The highest BCUT2D eigenvalue weighted by atomic mass is 16.6.